The van der Waals surface area contributed by atoms with Crippen molar-refractivity contribution in [2.45, 2.75) is 20.4 Å². The minimum atomic E-state index is -0.0732. The maximum Gasteiger partial charge on any atom is 0.253 e. The van der Waals surface area contributed by atoms with Crippen LogP contribution in [-0.2, 0) is 13.6 Å². The third kappa shape index (κ3) is 3.08. The maximum atomic E-state index is 12.3. The summed E-state index contributed by atoms with van der Waals surface area (Å²) in [5.41, 5.74) is 3.69. The SMILES string of the molecule is COc1ccc(CNC(=O)c2cc(C)n(C)c2C)cc1OC. The van der Waals surface area contributed by atoms with E-state index in [2.05, 4.69) is 5.32 Å². The van der Waals surface area contributed by atoms with E-state index in [0.29, 0.717) is 23.6 Å². The summed E-state index contributed by atoms with van der Waals surface area (Å²) in [6.45, 7) is 4.36. The van der Waals surface area contributed by atoms with Crippen LogP contribution in [0.3, 0.4) is 0 Å². The first-order valence-corrected chi connectivity index (χ1v) is 7.10. The first-order valence-electron chi connectivity index (χ1n) is 7.10. The van der Waals surface area contributed by atoms with Crippen molar-refractivity contribution in [3.8, 4) is 11.5 Å². The van der Waals surface area contributed by atoms with E-state index in [9.17, 15) is 4.79 Å². The van der Waals surface area contributed by atoms with Crippen molar-refractivity contribution in [1.82, 2.24) is 9.88 Å². The number of rotatable bonds is 5. The molecule has 22 heavy (non-hydrogen) atoms. The highest BCUT2D eigenvalue weighted by Crippen LogP contribution is 2.27. The van der Waals surface area contributed by atoms with Crippen LogP contribution in [0.15, 0.2) is 24.3 Å². The Bertz CT molecular complexity index is 689. The fourth-order valence-corrected chi connectivity index (χ4v) is 2.35. The lowest BCUT2D eigenvalue weighted by Crippen LogP contribution is -2.23. The lowest BCUT2D eigenvalue weighted by molar-refractivity contribution is 0.0950. The summed E-state index contributed by atoms with van der Waals surface area (Å²) in [4.78, 5) is 12.3. The zero-order chi connectivity index (χ0) is 16.3. The number of aryl methyl sites for hydroxylation is 1. The molecule has 1 aromatic heterocycles. The van der Waals surface area contributed by atoms with Gasteiger partial charge in [0.1, 0.15) is 0 Å². The second-order valence-corrected chi connectivity index (χ2v) is 5.22. The van der Waals surface area contributed by atoms with E-state index in [-0.39, 0.29) is 5.91 Å². The van der Waals surface area contributed by atoms with E-state index in [1.165, 1.54) is 0 Å². The second kappa shape index (κ2) is 6.56. The Kier molecular flexibility index (Phi) is 4.75. The predicted octanol–water partition coefficient (Wildman–Crippen LogP) is 2.59. The Labute approximate surface area is 130 Å². The van der Waals surface area contributed by atoms with Crippen molar-refractivity contribution in [2.75, 3.05) is 14.2 Å². The molecule has 2 rings (SSSR count). The van der Waals surface area contributed by atoms with E-state index < -0.39 is 0 Å². The Balaban J connectivity index is 2.09. The molecule has 0 aliphatic rings. The van der Waals surface area contributed by atoms with E-state index in [1.54, 1.807) is 14.2 Å². The van der Waals surface area contributed by atoms with Gasteiger partial charge in [0.05, 0.1) is 19.8 Å². The Morgan fingerprint density at radius 3 is 2.36 bits per heavy atom. The number of nitrogens with one attached hydrogen (secondary N) is 1. The molecule has 0 saturated heterocycles. The molecule has 5 heteroatoms. The molecular weight excluding hydrogens is 280 g/mol. The summed E-state index contributed by atoms with van der Waals surface area (Å²) in [6, 6.07) is 7.50. The summed E-state index contributed by atoms with van der Waals surface area (Å²) in [5.74, 6) is 1.25. The highest BCUT2D eigenvalue weighted by atomic mass is 16.5. The molecule has 0 fully saturated rings. The number of nitrogens with zero attached hydrogens (tertiary/aromatic N) is 1. The van der Waals surface area contributed by atoms with Gasteiger partial charge in [0.25, 0.3) is 5.91 Å². The molecule has 0 saturated carbocycles. The van der Waals surface area contributed by atoms with Crippen LogP contribution >= 0.6 is 0 Å². The van der Waals surface area contributed by atoms with E-state index in [0.717, 1.165) is 17.0 Å². The first-order chi connectivity index (χ1) is 10.5. The summed E-state index contributed by atoms with van der Waals surface area (Å²) < 4.78 is 12.5. The van der Waals surface area contributed by atoms with Gasteiger partial charge in [-0.15, -0.1) is 0 Å². The van der Waals surface area contributed by atoms with Crippen LogP contribution in [0.4, 0.5) is 0 Å². The number of aromatic nitrogens is 1. The number of benzene rings is 1. The van der Waals surface area contributed by atoms with Gasteiger partial charge in [-0.2, -0.15) is 0 Å². The van der Waals surface area contributed by atoms with E-state index in [4.69, 9.17) is 9.47 Å². The van der Waals surface area contributed by atoms with Gasteiger partial charge in [-0.1, -0.05) is 6.07 Å². The Morgan fingerprint density at radius 2 is 1.82 bits per heavy atom. The van der Waals surface area contributed by atoms with Gasteiger partial charge in [-0.3, -0.25) is 4.79 Å². The van der Waals surface area contributed by atoms with Crippen LogP contribution in [0.1, 0.15) is 27.3 Å². The molecule has 1 amide bonds. The van der Waals surface area contributed by atoms with Crippen LogP contribution < -0.4 is 14.8 Å². The third-order valence-electron chi connectivity index (χ3n) is 3.92. The van der Waals surface area contributed by atoms with E-state index >= 15 is 0 Å². The van der Waals surface area contributed by atoms with Crippen molar-refractivity contribution in [3.63, 3.8) is 0 Å². The highest BCUT2D eigenvalue weighted by Gasteiger charge is 2.14. The topological polar surface area (TPSA) is 52.5 Å². The third-order valence-corrected chi connectivity index (χ3v) is 3.92. The van der Waals surface area contributed by atoms with Gasteiger partial charge in [-0.25, -0.2) is 0 Å². The molecular formula is C17H22N2O3. The lowest BCUT2D eigenvalue weighted by atomic mass is 10.2. The maximum absolute atomic E-state index is 12.3. The zero-order valence-electron chi connectivity index (χ0n) is 13.7. The van der Waals surface area contributed by atoms with Crippen molar-refractivity contribution >= 4 is 5.91 Å². The highest BCUT2D eigenvalue weighted by molar-refractivity contribution is 5.95. The van der Waals surface area contributed by atoms with Crippen LogP contribution in [-0.4, -0.2) is 24.7 Å². The number of hydrogen-bond acceptors (Lipinski definition) is 3. The molecule has 0 atom stereocenters. The van der Waals surface area contributed by atoms with Crippen LogP contribution in [0.25, 0.3) is 0 Å². The van der Waals surface area contributed by atoms with Gasteiger partial charge in [-0.05, 0) is 37.6 Å². The summed E-state index contributed by atoms with van der Waals surface area (Å²) >= 11 is 0. The van der Waals surface area contributed by atoms with E-state index in [1.807, 2.05) is 49.7 Å². The summed E-state index contributed by atoms with van der Waals surface area (Å²) in [6.07, 6.45) is 0. The number of carbonyl (C=O) groups excluding carboxylic acids is 1. The molecule has 1 aromatic carbocycles. The van der Waals surface area contributed by atoms with Crippen LogP contribution in [0.5, 0.6) is 11.5 Å². The molecule has 0 aliphatic carbocycles. The Morgan fingerprint density at radius 1 is 1.14 bits per heavy atom. The number of hydrogen-bond donors (Lipinski definition) is 1. The minimum absolute atomic E-state index is 0.0732. The molecule has 1 N–H and O–H groups in total. The minimum Gasteiger partial charge on any atom is -0.493 e. The van der Waals surface area contributed by atoms with Crippen LogP contribution in [0.2, 0.25) is 0 Å². The average molecular weight is 302 g/mol. The average Bonchev–Trinajstić information content (AvgIpc) is 2.79. The number of ether oxygens (including phenoxy) is 2. The van der Waals surface area contributed by atoms with Gasteiger partial charge in [0.15, 0.2) is 11.5 Å². The van der Waals surface area contributed by atoms with Crippen LogP contribution in [0, 0.1) is 13.8 Å². The quantitative estimate of drug-likeness (QED) is 0.923. The van der Waals surface area contributed by atoms with Gasteiger partial charge in [0.2, 0.25) is 0 Å². The number of methoxy groups -OCH3 is 2. The summed E-state index contributed by atoms with van der Waals surface area (Å²) in [7, 11) is 5.14. The van der Waals surface area contributed by atoms with Crippen molar-refractivity contribution in [1.29, 1.82) is 0 Å². The fourth-order valence-electron chi connectivity index (χ4n) is 2.35. The summed E-state index contributed by atoms with van der Waals surface area (Å²) in [5, 5.41) is 2.94. The van der Waals surface area contributed by atoms with Gasteiger partial charge in [0, 0.05) is 25.0 Å². The van der Waals surface area contributed by atoms with Crippen molar-refractivity contribution in [3.05, 3.63) is 46.8 Å². The lowest BCUT2D eigenvalue weighted by Gasteiger charge is -2.10. The molecule has 0 unspecified atom stereocenters. The first kappa shape index (κ1) is 15.9. The molecule has 5 nitrogen and oxygen atoms in total. The second-order valence-electron chi connectivity index (χ2n) is 5.22. The number of amides is 1. The predicted molar refractivity (Wildman–Crippen MR) is 85.6 cm³/mol. The fraction of sp³-hybridized carbons (Fsp3) is 0.353. The number of carbonyl (C=O) groups is 1. The largest absolute Gasteiger partial charge is 0.493 e. The standard InChI is InChI=1S/C17H22N2O3/c1-11-8-14(12(2)19(11)3)17(20)18-10-13-6-7-15(21-4)16(9-13)22-5/h6-9H,10H2,1-5H3,(H,18,20). The monoisotopic (exact) mass is 302 g/mol. The smallest absolute Gasteiger partial charge is 0.253 e. The van der Waals surface area contributed by atoms with Crippen molar-refractivity contribution < 1.29 is 14.3 Å². The normalized spacial score (nSPS) is 10.4. The van der Waals surface area contributed by atoms with Gasteiger partial charge < -0.3 is 19.4 Å². The molecule has 0 radical (unpaired) electrons. The molecule has 118 valence electrons. The van der Waals surface area contributed by atoms with Crippen molar-refractivity contribution in [2.24, 2.45) is 7.05 Å². The molecule has 0 bridgehead atoms. The molecule has 1 heterocycles. The molecule has 0 spiro atoms. The Hall–Kier alpha value is -2.43. The molecule has 2 aromatic rings. The zero-order valence-corrected chi connectivity index (χ0v) is 13.7. The van der Waals surface area contributed by atoms with Gasteiger partial charge >= 0.3 is 0 Å². The molecule has 0 aliphatic heterocycles.